The average Bonchev–Trinajstić information content (AvgIpc) is 2.33. The Morgan fingerprint density at radius 2 is 1.65 bits per heavy atom. The molecule has 0 fully saturated rings. The molecule has 0 spiro atoms. The summed E-state index contributed by atoms with van der Waals surface area (Å²) in [5.41, 5.74) is -1.83. The van der Waals surface area contributed by atoms with Gasteiger partial charge in [-0.05, 0) is 25.8 Å². The van der Waals surface area contributed by atoms with Crippen LogP contribution in [-0.4, -0.2) is 48.6 Å². The molecule has 0 aromatic rings. The molecule has 117 valence electrons. The van der Waals surface area contributed by atoms with E-state index in [4.69, 9.17) is 4.74 Å². The normalized spacial score (nSPS) is 10.9. The van der Waals surface area contributed by atoms with Crippen molar-refractivity contribution in [2.45, 2.75) is 52.1 Å². The van der Waals surface area contributed by atoms with Crippen LogP contribution in [0.5, 0.6) is 0 Å². The van der Waals surface area contributed by atoms with Gasteiger partial charge in [-0.1, -0.05) is 20.8 Å². The first-order chi connectivity index (χ1) is 8.11. The van der Waals surface area contributed by atoms with E-state index >= 15 is 0 Å². The Kier molecular flexibility index (Phi) is 12.3. The average molecular weight is 361 g/mol. The van der Waals surface area contributed by atoms with Crippen molar-refractivity contribution in [3.8, 4) is 0 Å². The fourth-order valence-corrected chi connectivity index (χ4v) is 1.27. The topological polar surface area (TPSA) is 60.7 Å². The van der Waals surface area contributed by atoms with Gasteiger partial charge in [0.15, 0.2) is 0 Å². The molecule has 0 saturated carbocycles. The van der Waals surface area contributed by atoms with Crippen molar-refractivity contribution in [2.75, 3.05) is 20.7 Å². The molecule has 1 radical (unpaired) electrons. The molecule has 6 heteroatoms. The first kappa shape index (κ1) is 25.0. The van der Waals surface area contributed by atoms with E-state index in [1.165, 1.54) is 4.90 Å². The number of nitrogens with zero attached hydrogens (tertiary/aromatic N) is 2. The Labute approximate surface area is 149 Å². The summed E-state index contributed by atoms with van der Waals surface area (Å²) < 4.78 is 5.11. The number of ether oxygens (including phenoxy) is 1. The minimum absolute atomic E-state index is 0. The van der Waals surface area contributed by atoms with Crippen LogP contribution in [0.15, 0.2) is 0 Å². The predicted octanol–water partition coefficient (Wildman–Crippen LogP) is 2.41. The van der Waals surface area contributed by atoms with Gasteiger partial charge in [0.2, 0.25) is 5.91 Å². The summed E-state index contributed by atoms with van der Waals surface area (Å²) in [6.45, 7) is 9.09. The summed E-state index contributed by atoms with van der Waals surface area (Å²) >= 11 is 0. The van der Waals surface area contributed by atoms with Crippen molar-refractivity contribution >= 4 is 11.9 Å². The third kappa shape index (κ3) is 6.19. The number of hydrogen-bond acceptors (Lipinski definition) is 3. The van der Waals surface area contributed by atoms with Gasteiger partial charge in [-0.15, -0.1) is 0 Å². The zero-order valence-corrected chi connectivity index (χ0v) is 16.9. The molecule has 0 saturated heterocycles. The molecule has 0 rings (SSSR count). The van der Waals surface area contributed by atoms with Crippen molar-refractivity contribution in [1.82, 2.24) is 4.90 Å². The van der Waals surface area contributed by atoms with Crippen LogP contribution in [0.25, 0.3) is 5.32 Å². The van der Waals surface area contributed by atoms with Crippen LogP contribution < -0.4 is 0 Å². The molecule has 5 nitrogen and oxygen atoms in total. The van der Waals surface area contributed by atoms with Gasteiger partial charge in [0.25, 0.3) is 0 Å². The van der Waals surface area contributed by atoms with Crippen molar-refractivity contribution < 1.29 is 47.0 Å². The second-order valence-corrected chi connectivity index (χ2v) is 5.34. The molecule has 0 atom stereocenters. The van der Waals surface area contributed by atoms with Crippen LogP contribution in [0, 0.1) is 7.43 Å². The molecule has 0 N–H and O–H groups in total. The maximum absolute atomic E-state index is 12.2. The molecule has 0 aliphatic rings. The zero-order valence-electron chi connectivity index (χ0n) is 14.1. The minimum Gasteiger partial charge on any atom is -0.652 e. The van der Waals surface area contributed by atoms with Gasteiger partial charge in [0, 0.05) is 39.8 Å². The second-order valence-electron chi connectivity index (χ2n) is 5.34. The number of rotatable bonds is 6. The summed E-state index contributed by atoms with van der Waals surface area (Å²) in [6.07, 6.45) is 0.759. The van der Waals surface area contributed by atoms with Crippen LogP contribution in [0.2, 0.25) is 0 Å². The van der Waals surface area contributed by atoms with Crippen molar-refractivity contribution in [2.24, 2.45) is 0 Å². The maximum Gasteiger partial charge on any atom is 0.331 e. The molecule has 0 unspecified atom stereocenters. The van der Waals surface area contributed by atoms with Gasteiger partial charge in [-0.25, -0.2) is 4.79 Å². The number of amides is 1. The van der Waals surface area contributed by atoms with Gasteiger partial charge >= 0.3 is 5.97 Å². The van der Waals surface area contributed by atoms with Crippen molar-refractivity contribution in [3.05, 3.63) is 12.7 Å². The molecule has 0 aromatic heterocycles. The molecular weight excluding hydrogens is 333 g/mol. The number of esters is 1. The van der Waals surface area contributed by atoms with Gasteiger partial charge in [0.1, 0.15) is 5.54 Å². The molecule has 0 aliphatic carbocycles. The summed E-state index contributed by atoms with van der Waals surface area (Å²) in [5.74, 6) is -0.601. The molecule has 0 heterocycles. The molecular formula is C14H28N2O3Y-2. The van der Waals surface area contributed by atoms with E-state index < -0.39 is 17.0 Å². The van der Waals surface area contributed by atoms with Crippen LogP contribution in [0.3, 0.4) is 0 Å². The fourth-order valence-electron chi connectivity index (χ4n) is 1.27. The third-order valence-electron chi connectivity index (χ3n) is 3.16. The summed E-state index contributed by atoms with van der Waals surface area (Å²) in [7, 11) is 3.19. The van der Waals surface area contributed by atoms with E-state index in [-0.39, 0.29) is 46.0 Å². The Bertz CT molecular complexity index is 318. The smallest absolute Gasteiger partial charge is 0.331 e. The summed E-state index contributed by atoms with van der Waals surface area (Å²) in [4.78, 5) is 25.6. The van der Waals surface area contributed by atoms with Crippen LogP contribution in [0.4, 0.5) is 0 Å². The quantitative estimate of drug-likeness (QED) is 0.539. The summed E-state index contributed by atoms with van der Waals surface area (Å²) in [6, 6.07) is 0. The largest absolute Gasteiger partial charge is 0.652 e. The third-order valence-corrected chi connectivity index (χ3v) is 3.16. The number of carbonyl (C=O) groups excluding carboxylic acids is 2. The molecule has 0 aliphatic heterocycles. The van der Waals surface area contributed by atoms with E-state index in [0.717, 1.165) is 6.42 Å². The first-order valence-corrected chi connectivity index (χ1v) is 6.17. The van der Waals surface area contributed by atoms with E-state index in [9.17, 15) is 9.59 Å². The van der Waals surface area contributed by atoms with Crippen molar-refractivity contribution in [3.63, 3.8) is 0 Å². The van der Waals surface area contributed by atoms with Gasteiger partial charge in [-0.2, -0.15) is 7.05 Å². The zero-order chi connectivity index (χ0) is 14.6. The fraction of sp³-hybridized carbons (Fsp3) is 0.786. The van der Waals surface area contributed by atoms with Crippen molar-refractivity contribution in [1.29, 1.82) is 0 Å². The first-order valence-electron chi connectivity index (χ1n) is 6.17. The van der Waals surface area contributed by atoms with Gasteiger partial charge in [0.05, 0.1) is 6.61 Å². The molecule has 20 heavy (non-hydrogen) atoms. The molecule has 0 aromatic carbocycles. The second kappa shape index (κ2) is 9.85. The Morgan fingerprint density at radius 1 is 1.20 bits per heavy atom. The Balaban J connectivity index is -0.00000144. The monoisotopic (exact) mass is 361 g/mol. The van der Waals surface area contributed by atoms with Gasteiger partial charge < -0.3 is 22.4 Å². The number of likely N-dealkylation sites (N-methyl/N-ethyl adjacent to an activating group) is 2. The number of hydrogen-bond donors (Lipinski definition) is 0. The van der Waals surface area contributed by atoms with E-state index in [0.29, 0.717) is 6.61 Å². The summed E-state index contributed by atoms with van der Waals surface area (Å²) in [5, 5.41) is 4.03. The van der Waals surface area contributed by atoms with Gasteiger partial charge in [-0.3, -0.25) is 4.79 Å². The van der Waals surface area contributed by atoms with E-state index in [1.54, 1.807) is 41.8 Å². The molecule has 1 amide bonds. The Hall–Kier alpha value is 0.00390. The molecule has 0 bridgehead atoms. The SMILES string of the molecule is CCCOC(=O)C(C)(C)N(C)C(=O)C(C)(C)[N-]C.[CH3-].[Y]. The maximum atomic E-state index is 12.2. The Morgan fingerprint density at radius 3 is 2.00 bits per heavy atom. The van der Waals surface area contributed by atoms with Crippen LogP contribution in [0.1, 0.15) is 41.0 Å². The standard InChI is InChI=1S/C13H25N2O3.CH3.Y/c1-8-9-18-11(17)13(4,5)15(7)10(16)12(2,3)14-6;;/h8-9H2,1-7H3;1H3;/q2*-1;. The minimum atomic E-state index is -0.992. The van der Waals surface area contributed by atoms with E-state index in [2.05, 4.69) is 5.32 Å². The van der Waals surface area contributed by atoms with E-state index in [1.807, 2.05) is 6.92 Å². The predicted molar refractivity (Wildman–Crippen MR) is 77.9 cm³/mol. The van der Waals surface area contributed by atoms with Crippen LogP contribution in [-0.2, 0) is 47.0 Å². The van der Waals surface area contributed by atoms with Crippen LogP contribution >= 0.6 is 0 Å². The number of carbonyl (C=O) groups is 2.